The minimum Gasteiger partial charge on any atom is -0.478 e. The number of hydrogen-bond donors (Lipinski definition) is 1. The van der Waals surface area contributed by atoms with Crippen LogP contribution < -0.4 is 0 Å². The van der Waals surface area contributed by atoms with Crippen LogP contribution in [0.5, 0.6) is 0 Å². The van der Waals surface area contributed by atoms with Gasteiger partial charge < -0.3 is 5.11 Å². The van der Waals surface area contributed by atoms with Crippen LogP contribution in [0.2, 0.25) is 0 Å². The SMILES string of the molecule is O=Cc1c(F)cc(-c2cc(C(=O)O)ccc2I)cc1F. The Labute approximate surface area is 126 Å². The Hall–Kier alpha value is -1.83. The van der Waals surface area contributed by atoms with Gasteiger partial charge in [-0.2, -0.15) is 0 Å². The first-order valence-electron chi connectivity index (χ1n) is 5.41. The van der Waals surface area contributed by atoms with Gasteiger partial charge in [-0.05, 0) is 64.0 Å². The lowest BCUT2D eigenvalue weighted by Gasteiger charge is -2.08. The summed E-state index contributed by atoms with van der Waals surface area (Å²) < 4.78 is 27.8. The smallest absolute Gasteiger partial charge is 0.335 e. The summed E-state index contributed by atoms with van der Waals surface area (Å²) in [5, 5.41) is 8.94. The molecule has 0 aliphatic carbocycles. The molecular weight excluding hydrogens is 381 g/mol. The molecular formula is C14H7F2IO3. The van der Waals surface area contributed by atoms with Gasteiger partial charge in [0, 0.05) is 3.57 Å². The average Bonchev–Trinajstić information content (AvgIpc) is 2.38. The molecule has 0 unspecified atom stereocenters. The number of aldehydes is 1. The van der Waals surface area contributed by atoms with Gasteiger partial charge in [0.15, 0.2) is 6.29 Å². The quantitative estimate of drug-likeness (QED) is 0.644. The molecule has 0 aromatic heterocycles. The number of halogens is 3. The summed E-state index contributed by atoms with van der Waals surface area (Å²) in [5.41, 5.74) is -0.0577. The molecule has 1 N–H and O–H groups in total. The van der Waals surface area contributed by atoms with Gasteiger partial charge in [-0.1, -0.05) is 0 Å². The second-order valence-corrected chi connectivity index (χ2v) is 5.13. The molecule has 0 heterocycles. The first kappa shape index (κ1) is 14.6. The molecule has 2 aromatic carbocycles. The second-order valence-electron chi connectivity index (χ2n) is 3.97. The Balaban J connectivity index is 2.65. The fraction of sp³-hybridized carbons (Fsp3) is 0. The molecule has 0 atom stereocenters. The molecule has 0 radical (unpaired) electrons. The lowest BCUT2D eigenvalue weighted by molar-refractivity contribution is 0.0696. The van der Waals surface area contributed by atoms with Gasteiger partial charge in [-0.25, -0.2) is 13.6 Å². The van der Waals surface area contributed by atoms with E-state index in [9.17, 15) is 18.4 Å². The van der Waals surface area contributed by atoms with Crippen molar-refractivity contribution in [3.8, 4) is 11.1 Å². The molecule has 2 rings (SSSR count). The standard InChI is InChI=1S/C14H7F2IO3/c15-11-4-8(5-12(16)10(11)6-18)9-3-7(14(19)20)1-2-13(9)17/h1-6H,(H,19,20). The van der Waals surface area contributed by atoms with Crippen LogP contribution in [0.25, 0.3) is 11.1 Å². The molecule has 0 saturated heterocycles. The zero-order valence-electron chi connectivity index (χ0n) is 9.86. The normalized spacial score (nSPS) is 10.3. The van der Waals surface area contributed by atoms with Crippen molar-refractivity contribution in [1.82, 2.24) is 0 Å². The van der Waals surface area contributed by atoms with Crippen LogP contribution in [-0.4, -0.2) is 17.4 Å². The van der Waals surface area contributed by atoms with E-state index in [-0.39, 0.29) is 17.4 Å². The lowest BCUT2D eigenvalue weighted by atomic mass is 10.0. The zero-order chi connectivity index (χ0) is 14.9. The molecule has 0 saturated carbocycles. The van der Waals surface area contributed by atoms with Crippen LogP contribution in [0.1, 0.15) is 20.7 Å². The molecule has 0 spiro atoms. The van der Waals surface area contributed by atoms with Crippen LogP contribution in [0, 0.1) is 15.2 Å². The number of carboxylic acids is 1. The third-order valence-electron chi connectivity index (χ3n) is 2.72. The van der Waals surface area contributed by atoms with Crippen molar-refractivity contribution in [3.63, 3.8) is 0 Å². The molecule has 20 heavy (non-hydrogen) atoms. The number of rotatable bonds is 3. The molecule has 102 valence electrons. The zero-order valence-corrected chi connectivity index (χ0v) is 12.0. The van der Waals surface area contributed by atoms with Gasteiger partial charge in [0.2, 0.25) is 0 Å². The van der Waals surface area contributed by atoms with Gasteiger partial charge >= 0.3 is 5.97 Å². The van der Waals surface area contributed by atoms with E-state index in [1.807, 2.05) is 22.6 Å². The monoisotopic (exact) mass is 388 g/mol. The lowest BCUT2D eigenvalue weighted by Crippen LogP contribution is -1.99. The Morgan fingerprint density at radius 1 is 1.15 bits per heavy atom. The van der Waals surface area contributed by atoms with Crippen LogP contribution >= 0.6 is 22.6 Å². The summed E-state index contributed by atoms with van der Waals surface area (Å²) in [5.74, 6) is -3.09. The topological polar surface area (TPSA) is 54.4 Å². The third-order valence-corrected chi connectivity index (χ3v) is 3.66. The van der Waals surface area contributed by atoms with Crippen LogP contribution in [0.4, 0.5) is 8.78 Å². The van der Waals surface area contributed by atoms with Crippen LogP contribution in [0.15, 0.2) is 30.3 Å². The fourth-order valence-corrected chi connectivity index (χ4v) is 2.38. The number of carbonyl (C=O) groups excluding carboxylic acids is 1. The number of carboxylic acid groups (broad SMARTS) is 1. The minimum atomic E-state index is -1.13. The highest BCUT2D eigenvalue weighted by Crippen LogP contribution is 2.29. The van der Waals surface area contributed by atoms with E-state index in [2.05, 4.69) is 0 Å². The van der Waals surface area contributed by atoms with Gasteiger partial charge in [0.25, 0.3) is 0 Å². The first-order valence-corrected chi connectivity index (χ1v) is 6.49. The Bertz CT molecular complexity index is 691. The molecule has 6 heteroatoms. The van der Waals surface area contributed by atoms with Crippen molar-refractivity contribution >= 4 is 34.8 Å². The molecule has 0 bridgehead atoms. The maximum atomic E-state index is 13.6. The second kappa shape index (κ2) is 5.66. The molecule has 0 fully saturated rings. The van der Waals surface area contributed by atoms with Crippen molar-refractivity contribution in [2.45, 2.75) is 0 Å². The van der Waals surface area contributed by atoms with Crippen molar-refractivity contribution < 1.29 is 23.5 Å². The molecule has 0 aliphatic heterocycles. The molecule has 2 aromatic rings. The van der Waals surface area contributed by atoms with E-state index in [0.717, 1.165) is 12.1 Å². The number of hydrogen-bond acceptors (Lipinski definition) is 2. The van der Waals surface area contributed by atoms with Crippen molar-refractivity contribution in [3.05, 3.63) is 56.7 Å². The Kier molecular flexibility index (Phi) is 4.12. The maximum absolute atomic E-state index is 13.6. The highest BCUT2D eigenvalue weighted by molar-refractivity contribution is 14.1. The molecule has 0 amide bonds. The van der Waals surface area contributed by atoms with Gasteiger partial charge in [0.05, 0.1) is 11.1 Å². The molecule has 0 aliphatic rings. The summed E-state index contributed by atoms with van der Waals surface area (Å²) in [4.78, 5) is 21.5. The van der Waals surface area contributed by atoms with E-state index in [0.29, 0.717) is 9.13 Å². The molecule has 3 nitrogen and oxygen atoms in total. The number of aromatic carboxylic acids is 1. The average molecular weight is 388 g/mol. The van der Waals surface area contributed by atoms with E-state index in [4.69, 9.17) is 5.11 Å². The summed E-state index contributed by atoms with van der Waals surface area (Å²) in [6.07, 6.45) is 0.104. The van der Waals surface area contributed by atoms with E-state index >= 15 is 0 Å². The summed E-state index contributed by atoms with van der Waals surface area (Å²) in [6.45, 7) is 0. The van der Waals surface area contributed by atoms with Gasteiger partial charge in [0.1, 0.15) is 11.6 Å². The summed E-state index contributed by atoms with van der Waals surface area (Å²) >= 11 is 1.94. The number of benzene rings is 2. The maximum Gasteiger partial charge on any atom is 0.335 e. The van der Waals surface area contributed by atoms with E-state index < -0.39 is 23.2 Å². The Morgan fingerprint density at radius 3 is 2.25 bits per heavy atom. The van der Waals surface area contributed by atoms with Gasteiger partial charge in [-0.15, -0.1) is 0 Å². The van der Waals surface area contributed by atoms with Crippen molar-refractivity contribution in [2.75, 3.05) is 0 Å². The summed E-state index contributed by atoms with van der Waals surface area (Å²) in [6, 6.07) is 6.30. The highest BCUT2D eigenvalue weighted by Gasteiger charge is 2.14. The predicted octanol–water partition coefficient (Wildman–Crippen LogP) is 3.75. The van der Waals surface area contributed by atoms with E-state index in [1.54, 1.807) is 6.07 Å². The third kappa shape index (κ3) is 2.69. The van der Waals surface area contributed by atoms with Crippen LogP contribution in [0.3, 0.4) is 0 Å². The summed E-state index contributed by atoms with van der Waals surface area (Å²) in [7, 11) is 0. The van der Waals surface area contributed by atoms with E-state index in [1.165, 1.54) is 12.1 Å². The highest BCUT2D eigenvalue weighted by atomic mass is 127. The van der Waals surface area contributed by atoms with Crippen LogP contribution in [-0.2, 0) is 0 Å². The fourth-order valence-electron chi connectivity index (χ4n) is 1.73. The largest absolute Gasteiger partial charge is 0.478 e. The predicted molar refractivity (Wildman–Crippen MR) is 76.9 cm³/mol. The van der Waals surface area contributed by atoms with Crippen molar-refractivity contribution in [1.29, 1.82) is 0 Å². The first-order chi connectivity index (χ1) is 9.43. The minimum absolute atomic E-state index is 0.0145. The van der Waals surface area contributed by atoms with Crippen molar-refractivity contribution in [2.24, 2.45) is 0 Å². The number of carbonyl (C=O) groups is 2. The van der Waals surface area contributed by atoms with Gasteiger partial charge in [-0.3, -0.25) is 4.79 Å². The Morgan fingerprint density at radius 2 is 1.75 bits per heavy atom.